The van der Waals surface area contributed by atoms with E-state index in [-0.39, 0.29) is 17.9 Å². The van der Waals surface area contributed by atoms with Crippen molar-refractivity contribution in [1.82, 2.24) is 10.6 Å². The number of carbonyl (C=O) groups excluding carboxylic acids is 2. The number of amidine groups is 1. The van der Waals surface area contributed by atoms with Gasteiger partial charge in [0.25, 0.3) is 5.91 Å². The molecule has 1 saturated heterocycles. The Kier molecular flexibility index (Phi) is 3.87. The molecule has 5 heteroatoms. The normalized spacial score (nSPS) is 30.6. The van der Waals surface area contributed by atoms with E-state index in [4.69, 9.17) is 0 Å². The van der Waals surface area contributed by atoms with E-state index < -0.39 is 5.41 Å². The van der Waals surface area contributed by atoms with Crippen LogP contribution in [0.1, 0.15) is 57.8 Å². The Bertz CT molecular complexity index is 430. The lowest BCUT2D eigenvalue weighted by Crippen LogP contribution is -2.58. The molecule has 1 atom stereocenters. The van der Waals surface area contributed by atoms with Crippen molar-refractivity contribution in [1.29, 1.82) is 0 Å². The van der Waals surface area contributed by atoms with E-state index >= 15 is 0 Å². The summed E-state index contributed by atoms with van der Waals surface area (Å²) in [6.07, 6.45) is 8.66. The molecule has 2 amide bonds. The largest absolute Gasteiger partial charge is 0.312 e. The number of aliphatic imine (C=N–C) groups is 1. The zero-order chi connectivity index (χ0) is 14.0. The predicted octanol–water partition coefficient (Wildman–Crippen LogP) is 1.52. The first kappa shape index (κ1) is 13.7. The fourth-order valence-electron chi connectivity index (χ4n) is 3.60. The van der Waals surface area contributed by atoms with Crippen molar-refractivity contribution < 1.29 is 9.59 Å². The Morgan fingerprint density at radius 3 is 2.35 bits per heavy atom. The molecule has 2 fully saturated rings. The molecule has 2 aliphatic heterocycles. The second-order valence-electron chi connectivity index (χ2n) is 6.26. The molecule has 1 aliphatic carbocycles. The topological polar surface area (TPSA) is 70.6 Å². The second kappa shape index (κ2) is 5.64. The summed E-state index contributed by atoms with van der Waals surface area (Å²) in [6.45, 7) is 0.929. The molecule has 3 rings (SSSR count). The van der Waals surface area contributed by atoms with Gasteiger partial charge in [-0.3, -0.25) is 9.59 Å². The SMILES string of the molecule is O=C1N=C(C2CCCCN2)NC(=O)C12CCCCCC2. The Hall–Kier alpha value is -1.23. The van der Waals surface area contributed by atoms with Crippen molar-refractivity contribution in [3.63, 3.8) is 0 Å². The minimum absolute atomic E-state index is 0.0415. The van der Waals surface area contributed by atoms with Crippen LogP contribution in [-0.2, 0) is 9.59 Å². The Labute approximate surface area is 119 Å². The third-order valence-electron chi connectivity index (χ3n) is 4.91. The molecule has 1 spiro atoms. The van der Waals surface area contributed by atoms with Crippen LogP contribution in [0.2, 0.25) is 0 Å². The summed E-state index contributed by atoms with van der Waals surface area (Å²) in [5.74, 6) is 0.238. The van der Waals surface area contributed by atoms with E-state index in [0.29, 0.717) is 18.7 Å². The monoisotopic (exact) mass is 277 g/mol. The van der Waals surface area contributed by atoms with Crippen molar-refractivity contribution in [2.45, 2.75) is 63.8 Å². The molecule has 0 aromatic carbocycles. The summed E-state index contributed by atoms with van der Waals surface area (Å²) >= 11 is 0. The minimum Gasteiger partial charge on any atom is -0.312 e. The molecular weight excluding hydrogens is 254 g/mol. The van der Waals surface area contributed by atoms with Crippen LogP contribution in [0, 0.1) is 5.41 Å². The molecule has 5 nitrogen and oxygen atoms in total. The number of nitrogens with zero attached hydrogens (tertiary/aromatic N) is 1. The summed E-state index contributed by atoms with van der Waals surface area (Å²) in [5.41, 5.74) is -0.866. The van der Waals surface area contributed by atoms with Crippen LogP contribution in [0.25, 0.3) is 0 Å². The third-order valence-corrected chi connectivity index (χ3v) is 4.91. The highest BCUT2D eigenvalue weighted by Gasteiger charge is 2.49. The van der Waals surface area contributed by atoms with Crippen molar-refractivity contribution in [3.05, 3.63) is 0 Å². The average molecular weight is 277 g/mol. The van der Waals surface area contributed by atoms with Gasteiger partial charge in [-0.15, -0.1) is 0 Å². The van der Waals surface area contributed by atoms with Gasteiger partial charge in [-0.2, -0.15) is 4.99 Å². The van der Waals surface area contributed by atoms with Gasteiger partial charge >= 0.3 is 0 Å². The lowest BCUT2D eigenvalue weighted by atomic mass is 9.77. The van der Waals surface area contributed by atoms with Crippen LogP contribution in [-0.4, -0.2) is 30.2 Å². The van der Waals surface area contributed by atoms with Gasteiger partial charge in [-0.25, -0.2) is 0 Å². The van der Waals surface area contributed by atoms with Gasteiger partial charge in [0.15, 0.2) is 0 Å². The molecule has 0 aromatic heterocycles. The van der Waals surface area contributed by atoms with Crippen LogP contribution >= 0.6 is 0 Å². The molecule has 3 aliphatic rings. The Morgan fingerprint density at radius 1 is 1.00 bits per heavy atom. The first-order chi connectivity index (χ1) is 9.72. The van der Waals surface area contributed by atoms with E-state index in [0.717, 1.165) is 51.5 Å². The van der Waals surface area contributed by atoms with Crippen LogP contribution in [0.4, 0.5) is 0 Å². The van der Waals surface area contributed by atoms with Gasteiger partial charge < -0.3 is 10.6 Å². The van der Waals surface area contributed by atoms with Gasteiger partial charge in [0.2, 0.25) is 5.91 Å². The van der Waals surface area contributed by atoms with Gasteiger partial charge in [0.05, 0.1) is 6.04 Å². The quantitative estimate of drug-likeness (QED) is 0.714. The van der Waals surface area contributed by atoms with Gasteiger partial charge in [-0.05, 0) is 32.2 Å². The molecule has 1 saturated carbocycles. The number of piperidine rings is 1. The lowest BCUT2D eigenvalue weighted by molar-refractivity contribution is -0.142. The zero-order valence-corrected chi connectivity index (χ0v) is 11.9. The summed E-state index contributed by atoms with van der Waals surface area (Å²) in [5, 5.41) is 6.27. The van der Waals surface area contributed by atoms with Gasteiger partial charge in [-0.1, -0.05) is 32.1 Å². The summed E-state index contributed by atoms with van der Waals surface area (Å²) < 4.78 is 0. The molecule has 2 heterocycles. The number of rotatable bonds is 1. The summed E-state index contributed by atoms with van der Waals surface area (Å²) in [7, 11) is 0. The zero-order valence-electron chi connectivity index (χ0n) is 11.9. The molecule has 2 N–H and O–H groups in total. The fraction of sp³-hybridized carbons (Fsp3) is 0.800. The van der Waals surface area contributed by atoms with Crippen LogP contribution < -0.4 is 10.6 Å². The van der Waals surface area contributed by atoms with Crippen LogP contribution in [0.3, 0.4) is 0 Å². The van der Waals surface area contributed by atoms with E-state index in [2.05, 4.69) is 15.6 Å². The molecule has 0 radical (unpaired) electrons. The standard InChI is InChI=1S/C15H23N3O2/c19-13-15(8-4-1-2-5-9-15)14(20)18-12(17-13)11-7-3-6-10-16-11/h11,16H,1-10H2,(H,17,18,19,20). The molecule has 0 aromatic rings. The number of carbonyl (C=O) groups is 2. The van der Waals surface area contributed by atoms with Gasteiger partial charge in [0, 0.05) is 0 Å². The summed E-state index contributed by atoms with van der Waals surface area (Å²) in [4.78, 5) is 29.3. The third kappa shape index (κ3) is 2.39. The second-order valence-corrected chi connectivity index (χ2v) is 6.26. The Balaban J connectivity index is 1.81. The maximum Gasteiger partial charge on any atom is 0.263 e. The maximum atomic E-state index is 12.5. The number of amides is 2. The van der Waals surface area contributed by atoms with Crippen molar-refractivity contribution >= 4 is 17.6 Å². The highest BCUT2D eigenvalue weighted by molar-refractivity contribution is 6.19. The van der Waals surface area contributed by atoms with Crippen LogP contribution in [0.5, 0.6) is 0 Å². The van der Waals surface area contributed by atoms with Gasteiger partial charge in [0.1, 0.15) is 11.3 Å². The Morgan fingerprint density at radius 2 is 1.75 bits per heavy atom. The highest BCUT2D eigenvalue weighted by Crippen LogP contribution is 2.38. The first-order valence-corrected chi connectivity index (χ1v) is 7.90. The van der Waals surface area contributed by atoms with Crippen molar-refractivity contribution in [2.24, 2.45) is 10.4 Å². The predicted molar refractivity (Wildman–Crippen MR) is 76.4 cm³/mol. The van der Waals surface area contributed by atoms with Crippen LogP contribution in [0.15, 0.2) is 4.99 Å². The molecule has 110 valence electrons. The highest BCUT2D eigenvalue weighted by atomic mass is 16.2. The minimum atomic E-state index is -0.866. The molecular formula is C15H23N3O2. The van der Waals surface area contributed by atoms with E-state index in [1.165, 1.54) is 0 Å². The van der Waals surface area contributed by atoms with Crippen molar-refractivity contribution in [2.75, 3.05) is 6.54 Å². The lowest BCUT2D eigenvalue weighted by Gasteiger charge is -2.34. The maximum absolute atomic E-state index is 12.5. The smallest absolute Gasteiger partial charge is 0.263 e. The number of hydrogen-bond acceptors (Lipinski definition) is 3. The average Bonchev–Trinajstić information content (AvgIpc) is 2.73. The van der Waals surface area contributed by atoms with E-state index in [1.54, 1.807) is 0 Å². The number of nitrogens with one attached hydrogen (secondary N) is 2. The molecule has 0 bridgehead atoms. The fourth-order valence-corrected chi connectivity index (χ4v) is 3.60. The number of hydrogen-bond donors (Lipinski definition) is 2. The first-order valence-electron chi connectivity index (χ1n) is 7.90. The van der Waals surface area contributed by atoms with Crippen molar-refractivity contribution in [3.8, 4) is 0 Å². The van der Waals surface area contributed by atoms with E-state index in [9.17, 15) is 9.59 Å². The molecule has 1 unspecified atom stereocenters. The van der Waals surface area contributed by atoms with E-state index in [1.807, 2.05) is 0 Å². The summed E-state index contributed by atoms with van der Waals surface area (Å²) in [6, 6.07) is 0.0415. The molecule has 20 heavy (non-hydrogen) atoms.